The van der Waals surface area contributed by atoms with E-state index in [1.165, 1.54) is 6.07 Å². The van der Waals surface area contributed by atoms with Crippen LogP contribution in [0.2, 0.25) is 5.02 Å². The van der Waals surface area contributed by atoms with Crippen molar-refractivity contribution in [2.75, 3.05) is 0 Å². The highest BCUT2D eigenvalue weighted by Crippen LogP contribution is 2.26. The summed E-state index contributed by atoms with van der Waals surface area (Å²) in [7, 11) is 0. The fourth-order valence-corrected chi connectivity index (χ4v) is 1.82. The number of hydrogen-bond donors (Lipinski definition) is 1. The molecule has 0 radical (unpaired) electrons. The van der Waals surface area contributed by atoms with E-state index in [4.69, 9.17) is 11.6 Å². The lowest BCUT2D eigenvalue weighted by Crippen LogP contribution is -2.35. The second kappa shape index (κ2) is 5.15. The summed E-state index contributed by atoms with van der Waals surface area (Å²) in [6.07, 6.45) is 1.17. The Kier molecular flexibility index (Phi) is 4.34. The Morgan fingerprint density at radius 3 is 2.62 bits per heavy atom. The van der Waals surface area contributed by atoms with Crippen LogP contribution in [-0.4, -0.2) is 10.7 Å². The van der Waals surface area contributed by atoms with Crippen LogP contribution in [0.5, 0.6) is 0 Å². The molecular formula is C13H18ClFO. The molecule has 3 heteroatoms. The molecule has 0 aliphatic carbocycles. The largest absolute Gasteiger partial charge is 0.390 e. The predicted octanol–water partition coefficient (Wildman–Crippen LogP) is 3.82. The second-order valence-electron chi connectivity index (χ2n) is 4.58. The molecule has 0 saturated carbocycles. The zero-order chi connectivity index (χ0) is 12.3. The van der Waals surface area contributed by atoms with Gasteiger partial charge in [0, 0.05) is 11.4 Å². The van der Waals surface area contributed by atoms with Gasteiger partial charge in [0.2, 0.25) is 0 Å². The summed E-state index contributed by atoms with van der Waals surface area (Å²) < 4.78 is 13.6. The van der Waals surface area contributed by atoms with E-state index in [1.54, 1.807) is 19.1 Å². The molecule has 1 N–H and O–H groups in total. The Labute approximate surface area is 101 Å². The summed E-state index contributed by atoms with van der Waals surface area (Å²) in [5, 5.41) is 10.6. The molecule has 1 rings (SSSR count). The minimum atomic E-state index is -0.885. The van der Waals surface area contributed by atoms with Crippen LogP contribution in [0.3, 0.4) is 0 Å². The molecule has 1 nitrogen and oxygen atoms in total. The molecule has 0 aliphatic rings. The van der Waals surface area contributed by atoms with Crippen molar-refractivity contribution in [2.45, 2.75) is 39.2 Å². The highest BCUT2D eigenvalue weighted by atomic mass is 35.5. The van der Waals surface area contributed by atoms with Crippen LogP contribution in [0, 0.1) is 11.7 Å². The summed E-state index contributed by atoms with van der Waals surface area (Å²) in [4.78, 5) is 0. The molecule has 0 bridgehead atoms. The van der Waals surface area contributed by atoms with Crippen LogP contribution >= 0.6 is 11.6 Å². The summed E-state index contributed by atoms with van der Waals surface area (Å²) in [5.41, 5.74) is -0.377. The summed E-state index contributed by atoms with van der Waals surface area (Å²) in [5.74, 6) is -0.223. The van der Waals surface area contributed by atoms with Gasteiger partial charge in [0.1, 0.15) is 5.82 Å². The Hall–Kier alpha value is -0.600. The van der Waals surface area contributed by atoms with Crippen molar-refractivity contribution in [3.63, 3.8) is 0 Å². The summed E-state index contributed by atoms with van der Waals surface area (Å²) in [6.45, 7) is 5.72. The van der Waals surface area contributed by atoms with Crippen LogP contribution in [0.15, 0.2) is 18.2 Å². The maximum atomic E-state index is 13.6. The fourth-order valence-electron chi connectivity index (χ4n) is 1.66. The van der Waals surface area contributed by atoms with Gasteiger partial charge in [-0.25, -0.2) is 4.39 Å². The average molecular weight is 245 g/mol. The number of benzene rings is 1. The van der Waals surface area contributed by atoms with Crippen molar-refractivity contribution in [1.29, 1.82) is 0 Å². The molecular weight excluding hydrogens is 227 g/mol. The van der Waals surface area contributed by atoms with Gasteiger partial charge < -0.3 is 5.11 Å². The Morgan fingerprint density at radius 1 is 1.50 bits per heavy atom. The van der Waals surface area contributed by atoms with Gasteiger partial charge in [-0.3, -0.25) is 0 Å². The fraction of sp³-hybridized carbons (Fsp3) is 0.538. The number of hydrogen-bond acceptors (Lipinski definition) is 1. The van der Waals surface area contributed by atoms with Gasteiger partial charge in [-0.15, -0.1) is 0 Å². The highest BCUT2D eigenvalue weighted by Gasteiger charge is 2.28. The Balaban J connectivity index is 2.87. The lowest BCUT2D eigenvalue weighted by Gasteiger charge is -2.29. The van der Waals surface area contributed by atoms with Crippen LogP contribution in [0.25, 0.3) is 0 Å². The number of rotatable bonds is 4. The standard InChI is InChI=1S/C13H18ClFO/c1-4-9(2)13(3,16)8-10-5-6-11(14)7-12(10)15/h5-7,9,16H,4,8H2,1-3H3. The molecule has 16 heavy (non-hydrogen) atoms. The van der Waals surface area contributed by atoms with E-state index >= 15 is 0 Å². The minimum absolute atomic E-state index is 0.127. The molecule has 2 atom stereocenters. The maximum Gasteiger partial charge on any atom is 0.127 e. The molecule has 1 aromatic rings. The highest BCUT2D eigenvalue weighted by molar-refractivity contribution is 6.30. The smallest absolute Gasteiger partial charge is 0.127 e. The third-order valence-corrected chi connectivity index (χ3v) is 3.47. The van der Waals surface area contributed by atoms with Crippen LogP contribution in [-0.2, 0) is 6.42 Å². The average Bonchev–Trinajstić information content (AvgIpc) is 2.21. The van der Waals surface area contributed by atoms with E-state index in [1.807, 2.05) is 13.8 Å². The number of halogens is 2. The molecule has 0 spiro atoms. The van der Waals surface area contributed by atoms with Crippen molar-refractivity contribution in [2.24, 2.45) is 5.92 Å². The van der Waals surface area contributed by atoms with Crippen molar-refractivity contribution in [1.82, 2.24) is 0 Å². The maximum absolute atomic E-state index is 13.6. The van der Waals surface area contributed by atoms with Crippen molar-refractivity contribution in [3.05, 3.63) is 34.6 Å². The molecule has 0 fully saturated rings. The quantitative estimate of drug-likeness (QED) is 0.854. The zero-order valence-corrected chi connectivity index (χ0v) is 10.7. The van der Waals surface area contributed by atoms with Crippen LogP contribution < -0.4 is 0 Å². The number of aliphatic hydroxyl groups is 1. The lowest BCUT2D eigenvalue weighted by molar-refractivity contribution is 0.00447. The van der Waals surface area contributed by atoms with Crippen LogP contribution in [0.4, 0.5) is 4.39 Å². The normalized spacial score (nSPS) is 16.9. The monoisotopic (exact) mass is 244 g/mol. The third-order valence-electron chi connectivity index (χ3n) is 3.24. The van der Waals surface area contributed by atoms with E-state index in [-0.39, 0.29) is 11.7 Å². The molecule has 0 aliphatic heterocycles. The van der Waals surface area contributed by atoms with Crippen molar-refractivity contribution < 1.29 is 9.50 Å². The van der Waals surface area contributed by atoms with Gasteiger partial charge in [0.25, 0.3) is 0 Å². The first-order chi connectivity index (χ1) is 7.36. The van der Waals surface area contributed by atoms with Gasteiger partial charge in [0.05, 0.1) is 5.60 Å². The lowest BCUT2D eigenvalue weighted by atomic mass is 9.83. The van der Waals surface area contributed by atoms with E-state index in [0.717, 1.165) is 6.42 Å². The molecule has 90 valence electrons. The molecule has 0 saturated heterocycles. The molecule has 1 aromatic carbocycles. The topological polar surface area (TPSA) is 20.2 Å². The first-order valence-electron chi connectivity index (χ1n) is 5.53. The minimum Gasteiger partial charge on any atom is -0.390 e. The summed E-state index contributed by atoms with van der Waals surface area (Å²) >= 11 is 5.68. The van der Waals surface area contributed by atoms with Crippen molar-refractivity contribution >= 4 is 11.6 Å². The van der Waals surface area contributed by atoms with Crippen LogP contribution in [0.1, 0.15) is 32.8 Å². The zero-order valence-electron chi connectivity index (χ0n) is 9.93. The Bertz CT molecular complexity index is 363. The third kappa shape index (κ3) is 3.19. The summed E-state index contributed by atoms with van der Waals surface area (Å²) in [6, 6.07) is 4.56. The van der Waals surface area contributed by atoms with E-state index in [0.29, 0.717) is 17.0 Å². The van der Waals surface area contributed by atoms with Gasteiger partial charge >= 0.3 is 0 Å². The first kappa shape index (κ1) is 13.5. The SMILES string of the molecule is CCC(C)C(C)(O)Cc1ccc(Cl)cc1F. The Morgan fingerprint density at radius 2 is 2.12 bits per heavy atom. The van der Waals surface area contributed by atoms with Gasteiger partial charge in [-0.05, 0) is 30.5 Å². The molecule has 0 aromatic heterocycles. The van der Waals surface area contributed by atoms with E-state index < -0.39 is 5.60 Å². The van der Waals surface area contributed by atoms with Gasteiger partial charge in [-0.2, -0.15) is 0 Å². The molecule has 2 unspecified atom stereocenters. The second-order valence-corrected chi connectivity index (χ2v) is 5.02. The van der Waals surface area contributed by atoms with E-state index in [9.17, 15) is 9.50 Å². The van der Waals surface area contributed by atoms with E-state index in [2.05, 4.69) is 0 Å². The molecule has 0 heterocycles. The van der Waals surface area contributed by atoms with Gasteiger partial charge in [0.15, 0.2) is 0 Å². The molecule has 0 amide bonds. The van der Waals surface area contributed by atoms with Gasteiger partial charge in [-0.1, -0.05) is 37.9 Å². The van der Waals surface area contributed by atoms with Crippen molar-refractivity contribution in [3.8, 4) is 0 Å². The predicted molar refractivity (Wildman–Crippen MR) is 65.2 cm³/mol. The first-order valence-corrected chi connectivity index (χ1v) is 5.91.